The zero-order valence-corrected chi connectivity index (χ0v) is 37.5. The minimum Gasteiger partial charge on any atom is -0.462 e. The average molecular weight is 807 g/mol. The van der Waals surface area contributed by atoms with Crippen LogP contribution in [0.5, 0.6) is 0 Å². The molecule has 1 atom stereocenters. The van der Waals surface area contributed by atoms with Crippen molar-refractivity contribution in [1.82, 2.24) is 0 Å². The van der Waals surface area contributed by atoms with Gasteiger partial charge in [0.15, 0.2) is 6.10 Å². The van der Waals surface area contributed by atoms with Crippen molar-refractivity contribution in [2.75, 3.05) is 13.2 Å². The van der Waals surface area contributed by atoms with Crippen LogP contribution >= 0.6 is 0 Å². The highest BCUT2D eigenvalue weighted by molar-refractivity contribution is 5.71. The summed E-state index contributed by atoms with van der Waals surface area (Å²) in [4.78, 5) is 37.7. The molecule has 0 saturated heterocycles. The van der Waals surface area contributed by atoms with Crippen LogP contribution in [0.25, 0.3) is 0 Å². The summed E-state index contributed by atoms with van der Waals surface area (Å²) in [5.74, 6) is -1.02. The number of esters is 3. The molecular weight excluding hydrogens is 721 g/mol. The number of rotatable bonds is 41. The minimum atomic E-state index is -0.811. The fourth-order valence-corrected chi connectivity index (χ4v) is 6.06. The van der Waals surface area contributed by atoms with Crippen LogP contribution in [0.1, 0.15) is 207 Å². The van der Waals surface area contributed by atoms with E-state index in [0.717, 1.165) is 77.0 Å². The molecule has 0 fully saturated rings. The Morgan fingerprint density at radius 3 is 1.16 bits per heavy atom. The third kappa shape index (κ3) is 43.7. The van der Waals surface area contributed by atoms with E-state index in [1.165, 1.54) is 77.0 Å². The van der Waals surface area contributed by atoms with Crippen LogP contribution in [0.3, 0.4) is 0 Å². The number of allylic oxidation sites excluding steroid dienone is 14. The lowest BCUT2D eigenvalue weighted by molar-refractivity contribution is -0.167. The molecule has 0 rings (SSSR count). The maximum absolute atomic E-state index is 12.7. The van der Waals surface area contributed by atoms with Crippen LogP contribution in [0.15, 0.2) is 85.1 Å². The van der Waals surface area contributed by atoms with Crippen LogP contribution in [0.2, 0.25) is 0 Å². The second-order valence-corrected chi connectivity index (χ2v) is 15.3. The highest BCUT2D eigenvalue weighted by Crippen LogP contribution is 2.12. The number of unbranched alkanes of at least 4 members (excludes halogenated alkanes) is 16. The standard InChI is InChI=1S/C52H86O6/c1-4-7-10-13-16-19-21-23-25-26-27-29-30-33-36-39-42-45-51(54)57-48-49(47-56-50(53)44-41-38-35-32-18-15-12-9-6-3)58-52(55)46-43-40-37-34-31-28-24-22-20-17-14-11-8-5-2/h8,11,16-17,19-20,23,25,27,29,32-33,35-36,49H,4-7,9-10,12-15,18,21-22,24,26,28,30-31,34,37-48H2,1-3H3/b11-8-,19-16-,20-17-,25-23-,29-27-,35-32-,36-33-. The summed E-state index contributed by atoms with van der Waals surface area (Å²) < 4.78 is 16.6. The zero-order chi connectivity index (χ0) is 42.3. The molecule has 330 valence electrons. The van der Waals surface area contributed by atoms with Crippen molar-refractivity contribution < 1.29 is 28.6 Å². The van der Waals surface area contributed by atoms with Gasteiger partial charge in [-0.25, -0.2) is 0 Å². The number of hydrogen-bond donors (Lipinski definition) is 0. The molecule has 6 heteroatoms. The molecule has 0 heterocycles. The lowest BCUT2D eigenvalue weighted by Crippen LogP contribution is -2.30. The predicted octanol–water partition coefficient (Wildman–Crippen LogP) is 15.3. The third-order valence-corrected chi connectivity index (χ3v) is 9.60. The first-order valence-corrected chi connectivity index (χ1v) is 23.6. The van der Waals surface area contributed by atoms with Crippen LogP contribution in [-0.2, 0) is 28.6 Å². The predicted molar refractivity (Wildman–Crippen MR) is 247 cm³/mol. The maximum Gasteiger partial charge on any atom is 0.306 e. The minimum absolute atomic E-state index is 0.113. The molecule has 0 N–H and O–H groups in total. The Bertz CT molecular complexity index is 1160. The molecule has 0 aliphatic heterocycles. The Hall–Kier alpha value is -3.41. The molecule has 0 bridgehead atoms. The number of carbonyl (C=O) groups is 3. The Labute approximate surface area is 356 Å². The molecule has 0 aromatic heterocycles. The second-order valence-electron chi connectivity index (χ2n) is 15.3. The Morgan fingerprint density at radius 2 is 0.690 bits per heavy atom. The average Bonchev–Trinajstić information content (AvgIpc) is 3.22. The molecule has 0 aromatic rings. The summed E-state index contributed by atoms with van der Waals surface area (Å²) >= 11 is 0. The summed E-state index contributed by atoms with van der Waals surface area (Å²) in [7, 11) is 0. The summed E-state index contributed by atoms with van der Waals surface area (Å²) in [5.41, 5.74) is 0. The van der Waals surface area contributed by atoms with Crippen molar-refractivity contribution in [3.63, 3.8) is 0 Å². The highest BCUT2D eigenvalue weighted by Gasteiger charge is 2.19. The molecule has 0 aromatic carbocycles. The summed E-state index contributed by atoms with van der Waals surface area (Å²) in [5, 5.41) is 0. The fourth-order valence-electron chi connectivity index (χ4n) is 6.06. The van der Waals surface area contributed by atoms with Crippen LogP contribution in [0.4, 0.5) is 0 Å². The lowest BCUT2D eigenvalue weighted by Gasteiger charge is -2.18. The monoisotopic (exact) mass is 807 g/mol. The molecule has 0 amide bonds. The van der Waals surface area contributed by atoms with Crippen molar-refractivity contribution in [3.05, 3.63) is 85.1 Å². The van der Waals surface area contributed by atoms with Gasteiger partial charge in [0.25, 0.3) is 0 Å². The fraction of sp³-hybridized carbons (Fsp3) is 0.673. The van der Waals surface area contributed by atoms with E-state index in [0.29, 0.717) is 25.7 Å². The summed E-state index contributed by atoms with van der Waals surface area (Å²) in [6.45, 7) is 6.37. The first-order chi connectivity index (χ1) is 28.5. The van der Waals surface area contributed by atoms with E-state index in [9.17, 15) is 14.4 Å². The largest absolute Gasteiger partial charge is 0.462 e. The van der Waals surface area contributed by atoms with E-state index in [2.05, 4.69) is 106 Å². The Kier molecular flexibility index (Phi) is 43.6. The van der Waals surface area contributed by atoms with Crippen LogP contribution in [-0.4, -0.2) is 37.2 Å². The quantitative estimate of drug-likeness (QED) is 0.0265. The van der Waals surface area contributed by atoms with Gasteiger partial charge in [-0.2, -0.15) is 0 Å². The lowest BCUT2D eigenvalue weighted by atomic mass is 10.1. The first-order valence-electron chi connectivity index (χ1n) is 23.6. The normalized spacial score (nSPS) is 12.8. The van der Waals surface area contributed by atoms with Gasteiger partial charge < -0.3 is 14.2 Å². The van der Waals surface area contributed by atoms with E-state index < -0.39 is 6.10 Å². The molecule has 58 heavy (non-hydrogen) atoms. The maximum atomic E-state index is 12.7. The van der Waals surface area contributed by atoms with Gasteiger partial charge in [-0.1, -0.05) is 170 Å². The van der Waals surface area contributed by atoms with Gasteiger partial charge in [0.2, 0.25) is 0 Å². The smallest absolute Gasteiger partial charge is 0.306 e. The van der Waals surface area contributed by atoms with Gasteiger partial charge in [-0.05, 0) is 103 Å². The summed E-state index contributed by atoms with van der Waals surface area (Å²) in [6, 6.07) is 0. The number of carbonyl (C=O) groups excluding carboxylic acids is 3. The molecular formula is C52H86O6. The molecule has 0 aliphatic carbocycles. The van der Waals surface area contributed by atoms with Crippen molar-refractivity contribution in [2.24, 2.45) is 0 Å². The van der Waals surface area contributed by atoms with E-state index >= 15 is 0 Å². The number of hydrogen-bond acceptors (Lipinski definition) is 6. The van der Waals surface area contributed by atoms with Crippen molar-refractivity contribution in [2.45, 2.75) is 213 Å². The Balaban J connectivity index is 4.48. The summed E-state index contributed by atoms with van der Waals surface area (Å²) in [6.07, 6.45) is 58.7. The SMILES string of the molecule is CC/C=C\C/C=C\CCCCCCCCCC(=O)OC(COC(=O)CCC/C=C\C/C=C\C/C=C\C/C=C\CCCCC)COC(=O)CCC/C=C\CCCCCC. The molecule has 0 spiro atoms. The third-order valence-electron chi connectivity index (χ3n) is 9.60. The van der Waals surface area contributed by atoms with Gasteiger partial charge in [0, 0.05) is 19.3 Å². The van der Waals surface area contributed by atoms with Crippen molar-refractivity contribution in [1.29, 1.82) is 0 Å². The van der Waals surface area contributed by atoms with E-state index in [1.54, 1.807) is 0 Å². The van der Waals surface area contributed by atoms with Crippen LogP contribution < -0.4 is 0 Å². The van der Waals surface area contributed by atoms with Gasteiger partial charge in [0.05, 0.1) is 0 Å². The van der Waals surface area contributed by atoms with Crippen molar-refractivity contribution in [3.8, 4) is 0 Å². The van der Waals surface area contributed by atoms with Crippen molar-refractivity contribution >= 4 is 17.9 Å². The highest BCUT2D eigenvalue weighted by atomic mass is 16.6. The Morgan fingerprint density at radius 1 is 0.362 bits per heavy atom. The molecule has 1 unspecified atom stereocenters. The second kappa shape index (κ2) is 46.3. The van der Waals surface area contributed by atoms with Gasteiger partial charge in [-0.15, -0.1) is 0 Å². The number of ether oxygens (including phenoxy) is 3. The molecule has 0 aliphatic rings. The first kappa shape index (κ1) is 54.6. The molecule has 0 radical (unpaired) electrons. The van der Waals surface area contributed by atoms with E-state index in [4.69, 9.17) is 14.2 Å². The van der Waals surface area contributed by atoms with E-state index in [1.807, 2.05) is 0 Å². The molecule has 0 saturated carbocycles. The topological polar surface area (TPSA) is 78.9 Å². The van der Waals surface area contributed by atoms with Gasteiger partial charge >= 0.3 is 17.9 Å². The van der Waals surface area contributed by atoms with Crippen LogP contribution in [0, 0.1) is 0 Å². The van der Waals surface area contributed by atoms with Gasteiger partial charge in [0.1, 0.15) is 13.2 Å². The molecule has 6 nitrogen and oxygen atoms in total. The van der Waals surface area contributed by atoms with Gasteiger partial charge in [-0.3, -0.25) is 14.4 Å². The zero-order valence-electron chi connectivity index (χ0n) is 37.5. The van der Waals surface area contributed by atoms with E-state index in [-0.39, 0.29) is 37.5 Å².